The molecule has 10 heteroatoms. The lowest BCUT2D eigenvalue weighted by molar-refractivity contribution is -0.938. The zero-order valence-corrected chi connectivity index (χ0v) is 27.1. The standard InChI is InChI=1S/C33H42ClN2O6S/c1-5-36(6-2,22-26-16-24(3)15-25(4)17-26)12-8-7-11-35(21-27-18-31-33(20-29(27)34)42-23-41-31)43(37,38)28-9-10-30-32(19-28)40-14-13-39-30/h9-10,15-20H,5-8,11-14,21-23H2,1-4H3/q+1. The predicted molar refractivity (Wildman–Crippen MR) is 168 cm³/mol. The lowest BCUT2D eigenvalue weighted by atomic mass is 10.1. The highest BCUT2D eigenvalue weighted by atomic mass is 35.5. The van der Waals surface area contributed by atoms with E-state index in [1.807, 2.05) is 0 Å². The maximum Gasteiger partial charge on any atom is 0.243 e. The molecule has 0 saturated heterocycles. The van der Waals surface area contributed by atoms with Crippen LogP contribution in [-0.2, 0) is 23.1 Å². The molecule has 8 nitrogen and oxygen atoms in total. The summed E-state index contributed by atoms with van der Waals surface area (Å²) in [6.07, 6.45) is 1.59. The first kappa shape index (κ1) is 31.4. The molecule has 0 aromatic heterocycles. The fourth-order valence-electron chi connectivity index (χ4n) is 6.01. The van der Waals surface area contributed by atoms with Crippen molar-refractivity contribution in [1.29, 1.82) is 0 Å². The zero-order chi connectivity index (χ0) is 30.6. The smallest absolute Gasteiger partial charge is 0.243 e. The minimum atomic E-state index is -3.89. The van der Waals surface area contributed by atoms with Gasteiger partial charge in [0.25, 0.3) is 0 Å². The molecule has 2 aliphatic heterocycles. The molecule has 0 unspecified atom stereocenters. The SMILES string of the molecule is CC[N+](CC)(CCCCN(Cc1cc2c(cc1Cl)OCO2)S(=O)(=O)c1ccc2c(c1)OCCO2)Cc1cc(C)cc(C)c1. The van der Waals surface area contributed by atoms with Gasteiger partial charge in [0.05, 0.1) is 24.5 Å². The quantitative estimate of drug-likeness (QED) is 0.159. The first-order valence-electron chi connectivity index (χ1n) is 15.0. The number of nitrogens with zero attached hydrogens (tertiary/aromatic N) is 2. The molecule has 0 aliphatic carbocycles. The number of fused-ring (bicyclic) bond motifs is 2. The zero-order valence-electron chi connectivity index (χ0n) is 25.5. The van der Waals surface area contributed by atoms with Gasteiger partial charge in [0, 0.05) is 35.8 Å². The summed E-state index contributed by atoms with van der Waals surface area (Å²) in [4.78, 5) is 0.163. The molecule has 3 aromatic carbocycles. The van der Waals surface area contributed by atoms with E-state index in [1.165, 1.54) is 21.0 Å². The fourth-order valence-corrected chi connectivity index (χ4v) is 7.70. The van der Waals surface area contributed by atoms with Crippen LogP contribution in [0.15, 0.2) is 53.4 Å². The van der Waals surface area contributed by atoms with E-state index in [1.54, 1.807) is 30.3 Å². The summed E-state index contributed by atoms with van der Waals surface area (Å²) < 4.78 is 53.0. The van der Waals surface area contributed by atoms with E-state index < -0.39 is 10.0 Å². The average molecular weight is 630 g/mol. The van der Waals surface area contributed by atoms with Crippen LogP contribution < -0.4 is 18.9 Å². The normalized spacial score (nSPS) is 14.4. The molecular formula is C33H42ClN2O6S+. The van der Waals surface area contributed by atoms with Gasteiger partial charge in [0.1, 0.15) is 19.8 Å². The Labute approximate surface area is 260 Å². The van der Waals surface area contributed by atoms with E-state index in [2.05, 4.69) is 45.9 Å². The summed E-state index contributed by atoms with van der Waals surface area (Å²) >= 11 is 6.60. The molecule has 0 N–H and O–H groups in total. The van der Waals surface area contributed by atoms with E-state index in [0.717, 1.165) is 37.1 Å². The Balaban J connectivity index is 1.35. The van der Waals surface area contributed by atoms with Gasteiger partial charge in [-0.05, 0) is 64.3 Å². The van der Waals surface area contributed by atoms with Crippen LogP contribution in [0.3, 0.4) is 0 Å². The Morgan fingerprint density at radius 2 is 1.47 bits per heavy atom. The predicted octanol–water partition coefficient (Wildman–Crippen LogP) is 6.48. The highest BCUT2D eigenvalue weighted by molar-refractivity contribution is 7.89. The summed E-state index contributed by atoms with van der Waals surface area (Å²) in [6, 6.07) is 15.0. The number of halogens is 1. The number of hydrogen-bond acceptors (Lipinski definition) is 6. The molecule has 0 amide bonds. The van der Waals surface area contributed by atoms with Crippen molar-refractivity contribution in [3.05, 3.63) is 75.8 Å². The number of ether oxygens (including phenoxy) is 4. The summed E-state index contributed by atoms with van der Waals surface area (Å²) in [5.41, 5.74) is 4.57. The average Bonchev–Trinajstić information content (AvgIpc) is 3.44. The van der Waals surface area contributed by atoms with Crippen molar-refractivity contribution in [2.24, 2.45) is 0 Å². The van der Waals surface area contributed by atoms with Gasteiger partial charge in [0.2, 0.25) is 16.8 Å². The monoisotopic (exact) mass is 629 g/mol. The van der Waals surface area contributed by atoms with Crippen LogP contribution in [0.4, 0.5) is 0 Å². The first-order valence-corrected chi connectivity index (χ1v) is 16.8. The fraction of sp³-hybridized carbons (Fsp3) is 0.455. The van der Waals surface area contributed by atoms with E-state index in [4.69, 9.17) is 30.5 Å². The number of sulfonamides is 1. The number of hydrogen-bond donors (Lipinski definition) is 0. The van der Waals surface area contributed by atoms with Crippen molar-refractivity contribution in [2.45, 2.75) is 58.5 Å². The Morgan fingerprint density at radius 3 is 2.16 bits per heavy atom. The minimum Gasteiger partial charge on any atom is -0.486 e. The van der Waals surface area contributed by atoms with E-state index >= 15 is 0 Å². The van der Waals surface area contributed by atoms with Gasteiger partial charge >= 0.3 is 0 Å². The summed E-state index contributed by atoms with van der Waals surface area (Å²) in [7, 11) is -3.89. The summed E-state index contributed by atoms with van der Waals surface area (Å²) in [6.45, 7) is 14.1. The second-order valence-corrected chi connectivity index (χ2v) is 13.8. The molecule has 2 aliphatic rings. The molecule has 5 rings (SSSR count). The molecule has 43 heavy (non-hydrogen) atoms. The molecule has 0 atom stereocenters. The van der Waals surface area contributed by atoms with Gasteiger partial charge in [-0.25, -0.2) is 8.42 Å². The van der Waals surface area contributed by atoms with Crippen LogP contribution in [-0.4, -0.2) is 63.4 Å². The molecule has 232 valence electrons. The van der Waals surface area contributed by atoms with E-state index in [-0.39, 0.29) is 18.2 Å². The summed E-state index contributed by atoms with van der Waals surface area (Å²) in [5.74, 6) is 2.11. The van der Waals surface area contributed by atoms with Gasteiger partial charge in [-0.2, -0.15) is 4.31 Å². The van der Waals surface area contributed by atoms with Crippen LogP contribution in [0.2, 0.25) is 5.02 Å². The van der Waals surface area contributed by atoms with E-state index in [9.17, 15) is 8.42 Å². The van der Waals surface area contributed by atoms with E-state index in [0.29, 0.717) is 59.8 Å². The van der Waals surface area contributed by atoms with Gasteiger partial charge in [-0.3, -0.25) is 0 Å². The van der Waals surface area contributed by atoms with Crippen molar-refractivity contribution in [1.82, 2.24) is 4.31 Å². The van der Waals surface area contributed by atoms with Crippen LogP contribution in [0.25, 0.3) is 0 Å². The van der Waals surface area contributed by atoms with Gasteiger partial charge in [0.15, 0.2) is 23.0 Å². The van der Waals surface area contributed by atoms with Crippen molar-refractivity contribution in [2.75, 3.05) is 46.2 Å². The number of benzene rings is 3. The third-order valence-electron chi connectivity index (χ3n) is 8.47. The van der Waals surface area contributed by atoms with Crippen molar-refractivity contribution in [3.63, 3.8) is 0 Å². The van der Waals surface area contributed by atoms with Crippen LogP contribution in [0.5, 0.6) is 23.0 Å². The Kier molecular flexibility index (Phi) is 9.76. The third kappa shape index (κ3) is 7.23. The molecule has 0 spiro atoms. The van der Waals surface area contributed by atoms with Crippen molar-refractivity contribution < 1.29 is 31.8 Å². The lowest BCUT2D eigenvalue weighted by Gasteiger charge is -2.37. The third-order valence-corrected chi connectivity index (χ3v) is 10.7. The Morgan fingerprint density at radius 1 is 0.814 bits per heavy atom. The number of unbranched alkanes of at least 4 members (excludes halogenated alkanes) is 1. The molecule has 2 heterocycles. The van der Waals surface area contributed by atoms with Crippen LogP contribution in [0.1, 0.15) is 48.9 Å². The molecule has 3 aromatic rings. The molecule has 0 radical (unpaired) electrons. The second-order valence-electron chi connectivity index (χ2n) is 11.5. The van der Waals surface area contributed by atoms with Crippen LogP contribution >= 0.6 is 11.6 Å². The first-order chi connectivity index (χ1) is 20.6. The van der Waals surface area contributed by atoms with Crippen molar-refractivity contribution >= 4 is 21.6 Å². The highest BCUT2D eigenvalue weighted by Gasteiger charge is 2.29. The van der Waals surface area contributed by atoms with Gasteiger partial charge in [-0.1, -0.05) is 40.9 Å². The van der Waals surface area contributed by atoms with Crippen molar-refractivity contribution in [3.8, 4) is 23.0 Å². The minimum absolute atomic E-state index is 0.108. The molecule has 0 saturated carbocycles. The maximum absolute atomic E-state index is 14.1. The molecular weight excluding hydrogens is 588 g/mol. The molecule has 0 bridgehead atoms. The lowest BCUT2D eigenvalue weighted by Crippen LogP contribution is -2.47. The maximum atomic E-state index is 14.1. The Hall–Kier alpha value is -2.98. The van der Waals surface area contributed by atoms with Gasteiger partial charge < -0.3 is 23.4 Å². The number of quaternary nitrogens is 1. The topological polar surface area (TPSA) is 74.3 Å². The van der Waals surface area contributed by atoms with Gasteiger partial charge in [-0.15, -0.1) is 0 Å². The van der Waals surface area contributed by atoms with Crippen LogP contribution in [0, 0.1) is 13.8 Å². The Bertz CT molecular complexity index is 1540. The summed E-state index contributed by atoms with van der Waals surface area (Å²) in [5, 5.41) is 0.438. The second kappa shape index (κ2) is 13.3. The number of rotatable bonds is 13. The number of aryl methyl sites for hydroxylation is 2. The highest BCUT2D eigenvalue weighted by Crippen LogP contribution is 2.38. The molecule has 0 fully saturated rings. The largest absolute Gasteiger partial charge is 0.486 e.